The van der Waals surface area contributed by atoms with E-state index in [-0.39, 0.29) is 24.6 Å². The number of carboxylic acid groups (broad SMARTS) is 1. The van der Waals surface area contributed by atoms with E-state index in [9.17, 15) is 26.7 Å². The minimum absolute atomic E-state index is 0.104. The number of carboxylic acids is 1. The summed E-state index contributed by atoms with van der Waals surface area (Å²) in [4.78, 5) is 11.7. The Morgan fingerprint density at radius 3 is 2.25 bits per heavy atom. The standard InChI is InChI=1S/C17H22N2O7S2/c1-4-5-12-26-14-6-8-15(9-7-14)28(24,25)19-11-10-18(27(3,22)23)13(2)16(19)17(20)21/h6-9,13,16H,10-12H2,1-3H3,(H,20,21). The lowest BCUT2D eigenvalue weighted by molar-refractivity contribution is -0.144. The molecule has 1 heterocycles. The number of hydrogen-bond donors (Lipinski definition) is 1. The molecule has 1 fully saturated rings. The van der Waals surface area contributed by atoms with Crippen LogP contribution in [0.15, 0.2) is 29.2 Å². The number of sulfonamides is 2. The Kier molecular flexibility index (Phi) is 6.71. The van der Waals surface area contributed by atoms with Gasteiger partial charge in [-0.2, -0.15) is 8.61 Å². The fraction of sp³-hybridized carbons (Fsp3) is 0.471. The summed E-state index contributed by atoms with van der Waals surface area (Å²) in [6.45, 7) is 2.82. The van der Waals surface area contributed by atoms with Crippen LogP contribution in [0, 0.1) is 11.8 Å². The normalized spacial score (nSPS) is 21.5. The van der Waals surface area contributed by atoms with Gasteiger partial charge in [0.05, 0.1) is 11.2 Å². The highest BCUT2D eigenvalue weighted by Gasteiger charge is 2.47. The van der Waals surface area contributed by atoms with Gasteiger partial charge in [-0.15, -0.1) is 5.92 Å². The number of aliphatic carboxylic acids is 1. The lowest BCUT2D eigenvalue weighted by Crippen LogP contribution is -2.63. The third-order valence-electron chi connectivity index (χ3n) is 4.36. The Balaban J connectivity index is 2.33. The van der Waals surface area contributed by atoms with Crippen LogP contribution >= 0.6 is 0 Å². The topological polar surface area (TPSA) is 121 Å². The van der Waals surface area contributed by atoms with E-state index in [1.54, 1.807) is 6.92 Å². The zero-order chi connectivity index (χ0) is 21.1. The van der Waals surface area contributed by atoms with E-state index in [1.807, 2.05) is 0 Å². The first-order valence-electron chi connectivity index (χ1n) is 8.34. The summed E-state index contributed by atoms with van der Waals surface area (Å²) in [5.74, 6) is 4.39. The number of carbonyl (C=O) groups is 1. The Labute approximate surface area is 165 Å². The summed E-state index contributed by atoms with van der Waals surface area (Å²) in [5, 5.41) is 9.58. The number of rotatable bonds is 6. The summed E-state index contributed by atoms with van der Waals surface area (Å²) in [6, 6.07) is 2.95. The second kappa shape index (κ2) is 8.48. The summed E-state index contributed by atoms with van der Waals surface area (Å²) in [6.07, 6.45) is 0.966. The molecule has 2 atom stereocenters. The van der Waals surface area contributed by atoms with Crippen molar-refractivity contribution < 1.29 is 31.5 Å². The average Bonchev–Trinajstić information content (AvgIpc) is 2.60. The first-order chi connectivity index (χ1) is 13.0. The molecular weight excluding hydrogens is 408 g/mol. The Morgan fingerprint density at radius 2 is 1.75 bits per heavy atom. The van der Waals surface area contributed by atoms with Crippen molar-refractivity contribution in [2.24, 2.45) is 0 Å². The molecule has 0 saturated carbocycles. The van der Waals surface area contributed by atoms with Gasteiger partial charge in [0.1, 0.15) is 18.4 Å². The maximum Gasteiger partial charge on any atom is 0.323 e. The van der Waals surface area contributed by atoms with Gasteiger partial charge in [-0.1, -0.05) is 5.92 Å². The SMILES string of the molecule is CC#CCOc1ccc(S(=O)(=O)N2CCN(S(C)(=O)=O)C(C)C2C(=O)O)cc1. The molecule has 1 aromatic carbocycles. The number of piperazine rings is 1. The molecule has 0 spiro atoms. The number of hydrogen-bond acceptors (Lipinski definition) is 6. The third-order valence-corrected chi connectivity index (χ3v) is 7.62. The summed E-state index contributed by atoms with van der Waals surface area (Å²) in [5.41, 5.74) is 0. The molecule has 1 aliphatic rings. The second-order valence-electron chi connectivity index (χ2n) is 6.20. The van der Waals surface area contributed by atoms with Gasteiger partial charge >= 0.3 is 5.97 Å². The highest BCUT2D eigenvalue weighted by molar-refractivity contribution is 7.89. The van der Waals surface area contributed by atoms with E-state index in [4.69, 9.17) is 4.74 Å². The van der Waals surface area contributed by atoms with Crippen LogP contribution in [0.4, 0.5) is 0 Å². The highest BCUT2D eigenvalue weighted by atomic mass is 32.2. The molecular formula is C17H22N2O7S2. The molecule has 2 unspecified atom stereocenters. The average molecular weight is 431 g/mol. The summed E-state index contributed by atoms with van der Waals surface area (Å²) >= 11 is 0. The monoisotopic (exact) mass is 430 g/mol. The van der Waals surface area contributed by atoms with Crippen LogP contribution < -0.4 is 4.74 Å². The largest absolute Gasteiger partial charge is 0.481 e. The molecule has 0 aliphatic carbocycles. The fourth-order valence-electron chi connectivity index (χ4n) is 3.04. The molecule has 1 N–H and O–H groups in total. The van der Waals surface area contributed by atoms with Crippen LogP contribution in [0.5, 0.6) is 5.75 Å². The smallest absolute Gasteiger partial charge is 0.323 e. The van der Waals surface area contributed by atoms with Crippen LogP contribution in [0.3, 0.4) is 0 Å². The van der Waals surface area contributed by atoms with Crippen molar-refractivity contribution >= 4 is 26.0 Å². The van der Waals surface area contributed by atoms with E-state index in [1.165, 1.54) is 31.2 Å². The van der Waals surface area contributed by atoms with Crippen molar-refractivity contribution in [2.45, 2.75) is 30.8 Å². The van der Waals surface area contributed by atoms with E-state index < -0.39 is 38.1 Å². The lowest BCUT2D eigenvalue weighted by atomic mass is 10.1. The van der Waals surface area contributed by atoms with Gasteiger partial charge in [-0.25, -0.2) is 16.8 Å². The van der Waals surface area contributed by atoms with E-state index in [0.717, 1.165) is 14.9 Å². The number of benzene rings is 1. The molecule has 1 aliphatic heterocycles. The van der Waals surface area contributed by atoms with Gasteiger partial charge in [0, 0.05) is 19.1 Å². The lowest BCUT2D eigenvalue weighted by Gasteiger charge is -2.42. The highest BCUT2D eigenvalue weighted by Crippen LogP contribution is 2.27. The molecule has 0 radical (unpaired) electrons. The zero-order valence-corrected chi connectivity index (χ0v) is 17.3. The van der Waals surface area contributed by atoms with Gasteiger partial charge in [-0.3, -0.25) is 4.79 Å². The quantitative estimate of drug-likeness (QED) is 0.640. The minimum atomic E-state index is -4.15. The van der Waals surface area contributed by atoms with Crippen LogP contribution in [-0.4, -0.2) is 74.6 Å². The summed E-state index contributed by atoms with van der Waals surface area (Å²) in [7, 11) is -7.82. The van der Waals surface area contributed by atoms with E-state index in [2.05, 4.69) is 11.8 Å². The van der Waals surface area contributed by atoms with Crippen molar-refractivity contribution in [3.05, 3.63) is 24.3 Å². The van der Waals surface area contributed by atoms with Crippen molar-refractivity contribution in [1.29, 1.82) is 0 Å². The fourth-order valence-corrected chi connectivity index (χ4v) is 5.81. The van der Waals surface area contributed by atoms with Crippen molar-refractivity contribution in [1.82, 2.24) is 8.61 Å². The van der Waals surface area contributed by atoms with Gasteiger partial charge in [-0.05, 0) is 38.1 Å². The molecule has 28 heavy (non-hydrogen) atoms. The molecule has 2 rings (SSSR count). The van der Waals surface area contributed by atoms with Crippen LogP contribution in [0.25, 0.3) is 0 Å². The van der Waals surface area contributed by atoms with Crippen molar-refractivity contribution in [3.63, 3.8) is 0 Å². The van der Waals surface area contributed by atoms with Crippen molar-refractivity contribution in [3.8, 4) is 17.6 Å². The predicted molar refractivity (Wildman–Crippen MR) is 102 cm³/mol. The molecule has 0 aromatic heterocycles. The predicted octanol–water partition coefficient (Wildman–Crippen LogP) is 0.196. The van der Waals surface area contributed by atoms with Gasteiger partial charge in [0.25, 0.3) is 0 Å². The van der Waals surface area contributed by atoms with E-state index >= 15 is 0 Å². The Bertz CT molecular complexity index is 992. The summed E-state index contributed by atoms with van der Waals surface area (Å²) < 4.78 is 56.9. The van der Waals surface area contributed by atoms with Crippen LogP contribution in [0.2, 0.25) is 0 Å². The molecule has 9 nitrogen and oxygen atoms in total. The van der Waals surface area contributed by atoms with Gasteiger partial charge < -0.3 is 9.84 Å². The second-order valence-corrected chi connectivity index (χ2v) is 10.0. The molecule has 1 aromatic rings. The molecule has 1 saturated heterocycles. The first-order valence-corrected chi connectivity index (χ1v) is 11.6. The zero-order valence-electron chi connectivity index (χ0n) is 15.7. The van der Waals surface area contributed by atoms with Gasteiger partial charge in [0.2, 0.25) is 20.0 Å². The van der Waals surface area contributed by atoms with Gasteiger partial charge in [0.15, 0.2) is 0 Å². The van der Waals surface area contributed by atoms with Crippen molar-refractivity contribution in [2.75, 3.05) is 26.0 Å². The Morgan fingerprint density at radius 1 is 1.18 bits per heavy atom. The Hall–Kier alpha value is -2.13. The molecule has 154 valence electrons. The first kappa shape index (κ1) is 22.2. The van der Waals surface area contributed by atoms with Crippen LogP contribution in [0.1, 0.15) is 13.8 Å². The van der Waals surface area contributed by atoms with E-state index in [0.29, 0.717) is 5.75 Å². The number of ether oxygens (including phenoxy) is 1. The molecule has 0 bridgehead atoms. The molecule has 0 amide bonds. The molecule has 11 heteroatoms. The number of nitrogens with zero attached hydrogens (tertiary/aromatic N) is 2. The van der Waals surface area contributed by atoms with Crippen LogP contribution in [-0.2, 0) is 24.8 Å². The maximum absolute atomic E-state index is 13.0. The maximum atomic E-state index is 13.0. The minimum Gasteiger partial charge on any atom is -0.481 e. The third kappa shape index (κ3) is 4.64.